The van der Waals surface area contributed by atoms with Gasteiger partial charge in [0.25, 0.3) is 11.1 Å². The fraction of sp³-hybridized carbons (Fsp3) is 0.571. The first-order chi connectivity index (χ1) is 10.5. The molecular formula is C14H19N5O3. The zero-order valence-electron chi connectivity index (χ0n) is 12.7. The Bertz CT molecular complexity index is 886. The third kappa shape index (κ3) is 2.34. The number of aryl methyl sites for hydroxylation is 1. The summed E-state index contributed by atoms with van der Waals surface area (Å²) in [5, 5.41) is 3.14. The summed E-state index contributed by atoms with van der Waals surface area (Å²) in [6.07, 6.45) is 5.46. The average Bonchev–Trinajstić information content (AvgIpc) is 2.53. The molecule has 0 aliphatic heterocycles. The zero-order valence-corrected chi connectivity index (χ0v) is 12.7. The van der Waals surface area contributed by atoms with Crippen molar-refractivity contribution in [3.05, 3.63) is 31.2 Å². The number of H-pyrrole nitrogens is 1. The van der Waals surface area contributed by atoms with Crippen LogP contribution in [0.15, 0.2) is 14.4 Å². The molecule has 0 atom stereocenters. The van der Waals surface area contributed by atoms with Gasteiger partial charge in [0, 0.05) is 20.1 Å². The standard InChI is InChI=1S/C14H19N5O3/c1-18-11-9(13(21)19(2)14(18)22)16-12(20)10(17-11)15-8-6-4-3-5-7-8/h8H,3-7H2,1-2H3,(H,15,17)(H,16,20). The van der Waals surface area contributed by atoms with Gasteiger partial charge >= 0.3 is 5.69 Å². The maximum absolute atomic E-state index is 12.2. The molecule has 0 unspecified atom stereocenters. The van der Waals surface area contributed by atoms with Crippen LogP contribution in [0, 0.1) is 0 Å². The second-order valence-electron chi connectivity index (χ2n) is 5.80. The van der Waals surface area contributed by atoms with E-state index in [0.717, 1.165) is 30.3 Å². The molecule has 0 spiro atoms. The Hall–Kier alpha value is -2.38. The molecule has 2 heterocycles. The first-order valence-electron chi connectivity index (χ1n) is 7.45. The summed E-state index contributed by atoms with van der Waals surface area (Å²) in [7, 11) is 2.90. The Morgan fingerprint density at radius 2 is 1.77 bits per heavy atom. The Kier molecular flexibility index (Phi) is 3.59. The molecule has 2 N–H and O–H groups in total. The van der Waals surface area contributed by atoms with Gasteiger partial charge in [0.05, 0.1) is 0 Å². The lowest BCUT2D eigenvalue weighted by Gasteiger charge is -2.22. The monoisotopic (exact) mass is 305 g/mol. The third-order valence-corrected chi connectivity index (χ3v) is 4.25. The molecule has 118 valence electrons. The van der Waals surface area contributed by atoms with Crippen molar-refractivity contribution in [2.24, 2.45) is 14.1 Å². The van der Waals surface area contributed by atoms with Gasteiger partial charge in [-0.05, 0) is 12.8 Å². The van der Waals surface area contributed by atoms with Gasteiger partial charge in [-0.2, -0.15) is 0 Å². The Balaban J connectivity index is 2.13. The van der Waals surface area contributed by atoms with Crippen LogP contribution in [0.4, 0.5) is 5.82 Å². The van der Waals surface area contributed by atoms with E-state index in [1.165, 1.54) is 25.1 Å². The second kappa shape index (κ2) is 5.43. The van der Waals surface area contributed by atoms with Gasteiger partial charge in [0.15, 0.2) is 17.0 Å². The van der Waals surface area contributed by atoms with E-state index in [-0.39, 0.29) is 23.0 Å². The second-order valence-corrected chi connectivity index (χ2v) is 5.80. The Morgan fingerprint density at radius 1 is 1.09 bits per heavy atom. The first kappa shape index (κ1) is 14.6. The quantitative estimate of drug-likeness (QED) is 0.817. The molecule has 22 heavy (non-hydrogen) atoms. The predicted octanol–water partition coefficient (Wildman–Crippen LogP) is 0.0651. The molecule has 0 aromatic carbocycles. The maximum atomic E-state index is 12.2. The minimum atomic E-state index is -0.549. The number of nitrogens with one attached hydrogen (secondary N) is 2. The van der Waals surface area contributed by atoms with Crippen molar-refractivity contribution in [2.45, 2.75) is 38.1 Å². The summed E-state index contributed by atoms with van der Waals surface area (Å²) in [6.45, 7) is 0. The molecule has 0 bridgehead atoms. The molecule has 2 aromatic heterocycles. The van der Waals surface area contributed by atoms with E-state index in [1.807, 2.05) is 0 Å². The Labute approximate surface area is 125 Å². The summed E-state index contributed by atoms with van der Waals surface area (Å²) >= 11 is 0. The van der Waals surface area contributed by atoms with Crippen molar-refractivity contribution < 1.29 is 0 Å². The normalized spacial score (nSPS) is 16.1. The number of hydrogen-bond acceptors (Lipinski definition) is 5. The van der Waals surface area contributed by atoms with Crippen LogP contribution in [-0.4, -0.2) is 25.1 Å². The van der Waals surface area contributed by atoms with Crippen molar-refractivity contribution in [2.75, 3.05) is 5.32 Å². The minimum absolute atomic E-state index is 0.0452. The zero-order chi connectivity index (χ0) is 15.9. The predicted molar refractivity (Wildman–Crippen MR) is 83.3 cm³/mol. The average molecular weight is 305 g/mol. The molecule has 1 aliphatic rings. The molecule has 2 aromatic rings. The van der Waals surface area contributed by atoms with Crippen LogP contribution in [0.2, 0.25) is 0 Å². The highest BCUT2D eigenvalue weighted by molar-refractivity contribution is 5.70. The van der Waals surface area contributed by atoms with Gasteiger partial charge in [-0.1, -0.05) is 19.3 Å². The first-order valence-corrected chi connectivity index (χ1v) is 7.45. The smallest absolute Gasteiger partial charge is 0.332 e. The van der Waals surface area contributed by atoms with Crippen LogP contribution in [0.1, 0.15) is 32.1 Å². The summed E-state index contributed by atoms with van der Waals surface area (Å²) < 4.78 is 2.22. The van der Waals surface area contributed by atoms with Gasteiger partial charge in [-0.25, -0.2) is 9.78 Å². The lowest BCUT2D eigenvalue weighted by Crippen LogP contribution is -2.39. The summed E-state index contributed by atoms with van der Waals surface area (Å²) in [4.78, 5) is 43.0. The van der Waals surface area contributed by atoms with E-state index in [0.29, 0.717) is 0 Å². The molecule has 0 radical (unpaired) electrons. The largest absolute Gasteiger partial charge is 0.363 e. The van der Waals surface area contributed by atoms with Gasteiger partial charge in [0.1, 0.15) is 0 Å². The van der Waals surface area contributed by atoms with E-state index >= 15 is 0 Å². The molecular weight excluding hydrogens is 286 g/mol. The summed E-state index contributed by atoms with van der Waals surface area (Å²) in [6, 6.07) is 0.211. The highest BCUT2D eigenvalue weighted by Crippen LogP contribution is 2.19. The van der Waals surface area contributed by atoms with E-state index in [9.17, 15) is 14.4 Å². The van der Waals surface area contributed by atoms with Crippen molar-refractivity contribution in [1.29, 1.82) is 0 Å². The number of rotatable bonds is 2. The summed E-state index contributed by atoms with van der Waals surface area (Å²) in [5.41, 5.74) is -1.23. The van der Waals surface area contributed by atoms with E-state index in [2.05, 4.69) is 15.3 Å². The number of hydrogen-bond donors (Lipinski definition) is 2. The van der Waals surface area contributed by atoms with Crippen LogP contribution >= 0.6 is 0 Å². The van der Waals surface area contributed by atoms with Crippen molar-refractivity contribution in [1.82, 2.24) is 19.1 Å². The molecule has 1 aliphatic carbocycles. The van der Waals surface area contributed by atoms with E-state index in [1.54, 1.807) is 0 Å². The van der Waals surface area contributed by atoms with Gasteiger partial charge in [-0.3, -0.25) is 18.7 Å². The number of anilines is 1. The maximum Gasteiger partial charge on any atom is 0.332 e. The van der Waals surface area contributed by atoms with E-state index < -0.39 is 16.8 Å². The van der Waals surface area contributed by atoms with Crippen LogP contribution in [0.3, 0.4) is 0 Å². The molecule has 0 saturated heterocycles. The highest BCUT2D eigenvalue weighted by Gasteiger charge is 2.17. The lowest BCUT2D eigenvalue weighted by molar-refractivity contribution is 0.461. The summed E-state index contributed by atoms with van der Waals surface area (Å²) in [5.74, 6) is 0.169. The van der Waals surface area contributed by atoms with Gasteiger partial charge in [-0.15, -0.1) is 0 Å². The molecule has 3 rings (SSSR count). The van der Waals surface area contributed by atoms with Crippen molar-refractivity contribution >= 4 is 17.0 Å². The van der Waals surface area contributed by atoms with Crippen LogP contribution in [0.5, 0.6) is 0 Å². The fourth-order valence-electron chi connectivity index (χ4n) is 2.94. The SMILES string of the molecule is Cn1c(=O)c2[nH]c(=O)c(NC3CCCCC3)nc2n(C)c1=O. The minimum Gasteiger partial charge on any atom is -0.363 e. The molecule has 8 heteroatoms. The van der Waals surface area contributed by atoms with Crippen molar-refractivity contribution in [3.8, 4) is 0 Å². The number of aromatic nitrogens is 4. The number of nitrogens with zero attached hydrogens (tertiary/aromatic N) is 3. The number of aromatic amines is 1. The highest BCUT2D eigenvalue weighted by atomic mass is 16.2. The number of fused-ring (bicyclic) bond motifs is 1. The molecule has 1 fully saturated rings. The van der Waals surface area contributed by atoms with Crippen LogP contribution < -0.4 is 22.1 Å². The molecule has 1 saturated carbocycles. The van der Waals surface area contributed by atoms with Gasteiger partial charge in [0.2, 0.25) is 0 Å². The third-order valence-electron chi connectivity index (χ3n) is 4.25. The van der Waals surface area contributed by atoms with Crippen LogP contribution in [0.25, 0.3) is 11.2 Å². The van der Waals surface area contributed by atoms with Gasteiger partial charge < -0.3 is 10.3 Å². The van der Waals surface area contributed by atoms with Crippen LogP contribution in [-0.2, 0) is 14.1 Å². The topological polar surface area (TPSA) is 102 Å². The fourth-order valence-corrected chi connectivity index (χ4v) is 2.94. The molecule has 0 amide bonds. The van der Waals surface area contributed by atoms with E-state index in [4.69, 9.17) is 0 Å². The van der Waals surface area contributed by atoms with Crippen molar-refractivity contribution in [3.63, 3.8) is 0 Å². The Morgan fingerprint density at radius 3 is 2.45 bits per heavy atom. The lowest BCUT2D eigenvalue weighted by atomic mass is 9.95. The molecule has 8 nitrogen and oxygen atoms in total.